The van der Waals surface area contributed by atoms with Gasteiger partial charge >= 0.3 is 34.1 Å². The van der Waals surface area contributed by atoms with Crippen LogP contribution in [-0.2, 0) is 84.6 Å². The molecule has 144 heavy (non-hydrogen) atoms. The monoisotopic (exact) mass is 1940 g/mol. The number of hydrogen-bond acceptors (Lipinski definition) is 36. The zero-order valence-electron chi connectivity index (χ0n) is 80.4. The van der Waals surface area contributed by atoms with E-state index in [4.69, 9.17) is 44.9 Å². The van der Waals surface area contributed by atoms with Gasteiger partial charge in [0.15, 0.2) is 101 Å². The topological polar surface area (TPSA) is 626 Å². The fraction of sp³-hybridized carbons (Fsp3) is 0.286. The summed E-state index contributed by atoms with van der Waals surface area (Å²) in [5, 5.41) is 0. The highest BCUT2D eigenvalue weighted by Gasteiger charge is 2.35. The highest BCUT2D eigenvalue weighted by molar-refractivity contribution is 5.95. The van der Waals surface area contributed by atoms with Crippen molar-refractivity contribution in [2.24, 2.45) is 84.6 Å². The third-order valence-electron chi connectivity index (χ3n) is 26.5. The highest BCUT2D eigenvalue weighted by atomic mass is 16.2. The number of aromatic nitrogens is 48. The van der Waals surface area contributed by atoms with Gasteiger partial charge in [0.25, 0.3) is 33.4 Å². The fourth-order valence-corrected chi connectivity index (χ4v) is 19.9. The molecule has 0 N–H and O–H groups in total. The Kier molecular flexibility index (Phi) is 16.7. The maximum absolute atomic E-state index is 13.4. The second-order valence-electron chi connectivity index (χ2n) is 35.4. The van der Waals surface area contributed by atoms with Crippen LogP contribution in [0.3, 0.4) is 0 Å². The van der Waals surface area contributed by atoms with Crippen LogP contribution in [0.25, 0.3) is 203 Å². The first-order valence-corrected chi connectivity index (χ1v) is 44.0. The maximum Gasteiger partial charge on any atom is 0.332 e. The summed E-state index contributed by atoms with van der Waals surface area (Å²) in [5.74, 6) is 7.52. The van der Waals surface area contributed by atoms with E-state index < -0.39 is 67.5 Å². The van der Waals surface area contributed by atoms with Crippen LogP contribution >= 0.6 is 0 Å². The van der Waals surface area contributed by atoms with Gasteiger partial charge in [0, 0.05) is 84.6 Å². The predicted octanol–water partition coefficient (Wildman–Crippen LogP) is -2.82. The Morgan fingerprint density at radius 1 is 0.146 bits per heavy atom. The van der Waals surface area contributed by atoms with Gasteiger partial charge in [0.1, 0.15) is 68.0 Å². The lowest BCUT2D eigenvalue weighted by molar-refractivity contribution is 0.702. The first-order valence-electron chi connectivity index (χ1n) is 44.0. The summed E-state index contributed by atoms with van der Waals surface area (Å²) in [4.78, 5) is 269. The molecule has 60 nitrogen and oxygen atoms in total. The second kappa shape index (κ2) is 28.0. The molecule has 0 fully saturated rings. The summed E-state index contributed by atoms with van der Waals surface area (Å²) in [6, 6.07) is 0. The van der Waals surface area contributed by atoms with Gasteiger partial charge in [-0.25, -0.2) is 171 Å². The number of fused-ring (bicyclic) bond motifs is 48. The molecule has 0 unspecified atom stereocenters. The minimum absolute atomic E-state index is 0.00585. The van der Waals surface area contributed by atoms with Crippen LogP contribution < -0.4 is 67.5 Å². The smallest absolute Gasteiger partial charge is 0.280 e. The van der Waals surface area contributed by atoms with Crippen molar-refractivity contribution in [2.45, 2.75) is 83.1 Å². The Bertz CT molecular complexity index is 10900. The third kappa shape index (κ3) is 10.6. The molecular formula is C84H72N48O12. The van der Waals surface area contributed by atoms with Crippen LogP contribution in [0.4, 0.5) is 0 Å². The quantitative estimate of drug-likeness (QED) is 0.148. The zero-order valence-corrected chi connectivity index (χ0v) is 80.4. The molecule has 0 bridgehead atoms. The molecule has 720 valence electrons. The van der Waals surface area contributed by atoms with Gasteiger partial charge in [-0.05, 0) is 83.1 Å². The Labute approximate surface area is 788 Å². The van der Waals surface area contributed by atoms with Crippen molar-refractivity contribution < 1.29 is 0 Å². The Morgan fingerprint density at radius 2 is 0.333 bits per heavy atom. The largest absolute Gasteiger partial charge is 0.332 e. The Balaban J connectivity index is 0.000000101. The number of aryl methyl sites for hydroxylation is 18. The van der Waals surface area contributed by atoms with E-state index in [1.54, 1.807) is 0 Å². The van der Waals surface area contributed by atoms with Crippen LogP contribution in [0.15, 0.2) is 57.5 Å². The van der Waals surface area contributed by atoms with Crippen LogP contribution in [0.2, 0.25) is 0 Å². The second-order valence-corrected chi connectivity index (χ2v) is 35.4. The van der Waals surface area contributed by atoms with E-state index in [9.17, 15) is 57.5 Å². The molecule has 0 radical (unpaired) electrons. The maximum atomic E-state index is 13.4. The summed E-state index contributed by atoms with van der Waals surface area (Å²) >= 11 is 0. The van der Waals surface area contributed by atoms with Gasteiger partial charge in [0.2, 0.25) is 69.3 Å². The molecule has 28 rings (SSSR count). The van der Waals surface area contributed by atoms with E-state index in [-0.39, 0.29) is 102 Å². The SMILES string of the molecule is Cc1nc(C)c2c(n1)nc1n2c2nc3nc(C)nc(C)c3n2c2nc3nc(C)nc(C)c3n12.Cc1nc(C)c2nc3n(c2n1)c1nc2c(C)nc(C)nc2n1c1nc2c(C)nc(C)nc2n31.Cn1c(=O)c2c(nc3n2c2nc4c(c(=O)n(C)c(=O)n4C)n2c2nc4c(c(=O)n(C)c(=O)n4C)n32)n(C)c1=O.Cn1c(=O)c2nc3n(c2n(C)c1=O)c1nc2c(=O)n(C)c(=O)n(C)c2n1c1nc2c(=O)n(C)c(=O)n(C)c2n31. The first-order chi connectivity index (χ1) is 68.4. The summed E-state index contributed by atoms with van der Waals surface area (Å²) in [6.45, 7) is 22.8. The molecular weight excluding hydrogens is 1870 g/mol. The predicted molar refractivity (Wildman–Crippen MR) is 514 cm³/mol. The van der Waals surface area contributed by atoms with E-state index in [0.717, 1.165) is 91.8 Å². The number of nitrogens with zero attached hydrogens (tertiary/aromatic N) is 48. The molecule has 0 aromatic carbocycles. The van der Waals surface area contributed by atoms with Crippen LogP contribution in [0.1, 0.15) is 69.1 Å². The lowest BCUT2D eigenvalue weighted by Gasteiger charge is -2.09. The van der Waals surface area contributed by atoms with Gasteiger partial charge in [-0.3, -0.25) is 83.6 Å². The van der Waals surface area contributed by atoms with Gasteiger partial charge < -0.3 is 0 Å². The lowest BCUT2D eigenvalue weighted by atomic mass is 10.4. The van der Waals surface area contributed by atoms with E-state index in [1.165, 1.54) is 125 Å². The molecule has 0 aliphatic rings. The molecule has 0 amide bonds. The summed E-state index contributed by atoms with van der Waals surface area (Å²) in [5.41, 5.74) is 4.50. The number of hydrogen-bond donors (Lipinski definition) is 0. The van der Waals surface area contributed by atoms with E-state index >= 15 is 0 Å². The molecule has 0 aliphatic heterocycles. The first kappa shape index (κ1) is 85.8. The van der Waals surface area contributed by atoms with Crippen molar-refractivity contribution >= 4 is 203 Å². The molecule has 0 atom stereocenters. The molecule has 0 saturated carbocycles. The van der Waals surface area contributed by atoms with Crippen LogP contribution in [0, 0.1) is 83.1 Å². The molecule has 0 saturated heterocycles. The van der Waals surface area contributed by atoms with Crippen molar-refractivity contribution in [2.75, 3.05) is 0 Å². The normalized spacial score (nSPS) is 12.5. The Morgan fingerprint density at radius 3 is 0.583 bits per heavy atom. The highest BCUT2D eigenvalue weighted by Crippen LogP contribution is 2.35. The van der Waals surface area contributed by atoms with Crippen molar-refractivity contribution in [3.8, 4) is 0 Å². The minimum atomic E-state index is -0.708. The zero-order chi connectivity index (χ0) is 101. The summed E-state index contributed by atoms with van der Waals surface area (Å²) in [6.07, 6.45) is 0. The standard InChI is InChI=1S/2C21H18N12O6.2C21H18N12/c1-25-10-7(13(34)28(4)19(25)37)31-16(22-10)32-8-11(26(2)20(38)29(5)14(8)35)24-18(32)33-9-12(23-17(31)33)27(3)21(39)30(6)15(9)36;1-25-10-7(13(34)28(4)19(25)37)22-16-31(10)17-23-8-11(26(2)20(38)29(5)14(8)35)33(17)18-24-9-12(32(16)18)27(3)21(39)30(6)15(9)36;1-7-13-16(25-10(4)22-7)28-19-31(13)20-29-17-14(8(2)23-11(5)26-17)33(20)21-30-18-15(32(19)21)9(3)24-12(6)27-18;1-7-13-16(25-10(4)22-7)31-19(28-13)32-17-14(8(2)23-11(5)26-17)30-21(32)33-18-15(29-20(31)33)9(3)24-12(6)27-18/h2*1-6H3;2*1-6H3. The average molecular weight is 1950 g/mol. The molecule has 28 heterocycles. The molecule has 0 aliphatic carbocycles. The van der Waals surface area contributed by atoms with E-state index in [1.807, 2.05) is 109 Å². The minimum Gasteiger partial charge on any atom is -0.280 e. The Hall–Kier alpha value is -19.8. The fourth-order valence-electron chi connectivity index (χ4n) is 19.9. The van der Waals surface area contributed by atoms with Crippen molar-refractivity contribution in [1.82, 2.24) is 227 Å². The summed E-state index contributed by atoms with van der Waals surface area (Å²) in [7, 11) is 16.4. The van der Waals surface area contributed by atoms with Gasteiger partial charge in [-0.1, -0.05) is 0 Å². The van der Waals surface area contributed by atoms with E-state index in [2.05, 4.69) is 74.8 Å². The number of rotatable bonds is 0. The molecule has 28 aromatic heterocycles. The van der Waals surface area contributed by atoms with Gasteiger partial charge in [0.05, 0.1) is 34.2 Å². The molecule has 28 aromatic rings. The van der Waals surface area contributed by atoms with Crippen LogP contribution in [0.5, 0.6) is 0 Å². The molecule has 0 spiro atoms. The van der Waals surface area contributed by atoms with Crippen molar-refractivity contribution in [1.29, 1.82) is 0 Å². The van der Waals surface area contributed by atoms with Crippen LogP contribution in [-0.4, -0.2) is 227 Å². The summed E-state index contributed by atoms with van der Waals surface area (Å²) < 4.78 is 32.1. The van der Waals surface area contributed by atoms with Gasteiger partial charge in [-0.2, -0.15) is 29.9 Å². The van der Waals surface area contributed by atoms with Gasteiger partial charge in [-0.15, -0.1) is 0 Å². The molecule has 60 heteroatoms. The van der Waals surface area contributed by atoms with Crippen molar-refractivity contribution in [3.63, 3.8) is 0 Å². The van der Waals surface area contributed by atoms with Crippen molar-refractivity contribution in [3.05, 3.63) is 194 Å². The average Bonchev–Trinajstić information content (AvgIpc) is 1.49. The number of imidazole rings is 12. The van der Waals surface area contributed by atoms with E-state index in [0.29, 0.717) is 120 Å². The lowest BCUT2D eigenvalue weighted by Crippen LogP contribution is -2.37. The third-order valence-corrected chi connectivity index (χ3v) is 26.5.